The molecule has 20 aromatic carbocycles. The third-order valence-corrected chi connectivity index (χ3v) is 25.0. The van der Waals surface area contributed by atoms with Gasteiger partial charge in [-0.3, -0.25) is 0 Å². The van der Waals surface area contributed by atoms with Crippen molar-refractivity contribution in [2.24, 2.45) is 0 Å². The van der Waals surface area contributed by atoms with E-state index in [0.717, 1.165) is 216 Å². The third-order valence-electron chi connectivity index (χ3n) is 25.0. The normalized spacial score (nSPS) is 11.8. The summed E-state index contributed by atoms with van der Waals surface area (Å²) >= 11 is 0. The zero-order chi connectivity index (χ0) is 82.3. The minimum Gasteiger partial charge on any atom is -0.456 e. The van der Waals surface area contributed by atoms with Crippen LogP contribution in [0.25, 0.3) is 210 Å². The Kier molecular flexibility index (Phi) is 17.9. The molecule has 0 unspecified atom stereocenters. The Bertz CT molecular complexity index is 8150. The lowest BCUT2D eigenvalue weighted by Crippen LogP contribution is -2.12. The van der Waals surface area contributed by atoms with Crippen LogP contribution in [-0.2, 0) is 0 Å². The quantitative estimate of drug-likeness (QED) is 0.0909. The second-order valence-electron chi connectivity index (χ2n) is 32.0. The molecule has 0 radical (unpaired) electrons. The molecule has 582 valence electrons. The fraction of sp³-hybridized carbons (Fsp3) is 0.00840. The first-order chi connectivity index (χ1) is 61.4. The number of nitrogens with zero attached hydrogens (tertiary/aromatic N) is 2. The minimum absolute atomic E-state index is 0.786. The number of para-hydroxylation sites is 1. The van der Waals surface area contributed by atoms with E-state index in [0.29, 0.717) is 0 Å². The number of benzene rings is 20. The molecule has 0 aliphatic carbocycles. The Morgan fingerprint density at radius 1 is 0.226 bits per heavy atom. The first-order valence-corrected chi connectivity index (χ1v) is 42.4. The van der Waals surface area contributed by atoms with Gasteiger partial charge in [0.05, 0.1) is 22.4 Å². The summed E-state index contributed by atoms with van der Waals surface area (Å²) in [5, 5.41) is 13.2. The van der Waals surface area contributed by atoms with Crippen molar-refractivity contribution in [1.29, 1.82) is 0 Å². The fourth-order valence-electron chi connectivity index (χ4n) is 19.1. The van der Waals surface area contributed by atoms with E-state index in [2.05, 4.69) is 441 Å². The lowest BCUT2D eigenvalue weighted by molar-refractivity contribution is 0.668. The first kappa shape index (κ1) is 72.9. The van der Waals surface area contributed by atoms with Gasteiger partial charge in [-0.15, -0.1) is 0 Å². The average Bonchev–Trinajstić information content (AvgIpc) is 1.64. The van der Waals surface area contributed by atoms with Crippen LogP contribution in [0.5, 0.6) is 0 Å². The molecule has 0 saturated carbocycles. The molecule has 5 heteroatoms. The van der Waals surface area contributed by atoms with Crippen LogP contribution < -0.4 is 9.80 Å². The summed E-state index contributed by atoms with van der Waals surface area (Å²) in [5.41, 5.74) is 33.5. The molecule has 0 amide bonds. The summed E-state index contributed by atoms with van der Waals surface area (Å²) in [7, 11) is 0. The summed E-state index contributed by atoms with van der Waals surface area (Å²) in [5.74, 6) is 0. The first-order valence-electron chi connectivity index (χ1n) is 42.4. The van der Waals surface area contributed by atoms with Crippen molar-refractivity contribution in [3.8, 4) is 100 Å². The number of rotatable bonds is 17. The highest BCUT2D eigenvalue weighted by molar-refractivity contribution is 6.21. The molecule has 3 heterocycles. The van der Waals surface area contributed by atoms with E-state index in [1.807, 2.05) is 25.1 Å². The van der Waals surface area contributed by atoms with E-state index in [-0.39, 0.29) is 0 Å². The van der Waals surface area contributed by atoms with Crippen LogP contribution in [0, 0.1) is 0 Å². The van der Waals surface area contributed by atoms with Crippen molar-refractivity contribution < 1.29 is 13.3 Å². The Morgan fingerprint density at radius 2 is 0.613 bits per heavy atom. The molecule has 0 spiro atoms. The van der Waals surface area contributed by atoms with Crippen LogP contribution >= 0.6 is 0 Å². The lowest BCUT2D eigenvalue weighted by Gasteiger charge is -2.29. The van der Waals surface area contributed by atoms with Crippen molar-refractivity contribution in [3.05, 3.63) is 448 Å². The third kappa shape index (κ3) is 12.6. The molecule has 23 rings (SSSR count). The molecule has 0 saturated heterocycles. The Hall–Kier alpha value is -16.3. The van der Waals surface area contributed by atoms with Crippen LogP contribution in [0.15, 0.2) is 451 Å². The van der Waals surface area contributed by atoms with E-state index in [9.17, 15) is 0 Å². The number of fused-ring (bicyclic) bond motifs is 13. The van der Waals surface area contributed by atoms with Gasteiger partial charge in [0.25, 0.3) is 0 Å². The molecular weight excluding hydrogens is 1510 g/mol. The van der Waals surface area contributed by atoms with Gasteiger partial charge in [0.2, 0.25) is 0 Å². The number of hydrogen-bond donors (Lipinski definition) is 0. The highest BCUT2D eigenvalue weighted by Crippen LogP contribution is 2.52. The largest absolute Gasteiger partial charge is 0.456 e. The molecule has 0 atom stereocenters. The van der Waals surface area contributed by atoms with Crippen molar-refractivity contribution in [3.63, 3.8) is 0 Å². The van der Waals surface area contributed by atoms with Gasteiger partial charge in [0, 0.05) is 66.1 Å². The smallest absolute Gasteiger partial charge is 0.143 e. The maximum atomic E-state index is 7.08. The Labute approximate surface area is 718 Å². The van der Waals surface area contributed by atoms with Crippen LogP contribution in [-0.4, -0.2) is 0 Å². The highest BCUT2D eigenvalue weighted by atomic mass is 16.3. The van der Waals surface area contributed by atoms with E-state index in [1.54, 1.807) is 0 Å². The number of hydrogen-bond acceptors (Lipinski definition) is 5. The van der Waals surface area contributed by atoms with Gasteiger partial charge in [-0.05, 0) is 232 Å². The molecule has 0 N–H and O–H groups in total. The second kappa shape index (κ2) is 30.5. The molecule has 3 aromatic heterocycles. The molecule has 23 aromatic rings. The molecule has 124 heavy (non-hydrogen) atoms. The minimum atomic E-state index is 0.786. The van der Waals surface area contributed by atoms with E-state index >= 15 is 0 Å². The van der Waals surface area contributed by atoms with E-state index < -0.39 is 0 Å². The maximum absolute atomic E-state index is 7.08. The van der Waals surface area contributed by atoms with Crippen LogP contribution in [0.4, 0.5) is 34.1 Å². The van der Waals surface area contributed by atoms with E-state index in [1.165, 1.54) is 27.5 Å². The highest BCUT2D eigenvalue weighted by Gasteiger charge is 2.28. The monoisotopic (exact) mass is 1580 g/mol. The van der Waals surface area contributed by atoms with Gasteiger partial charge in [-0.1, -0.05) is 346 Å². The molecule has 0 fully saturated rings. The van der Waals surface area contributed by atoms with E-state index in [4.69, 9.17) is 13.3 Å². The second-order valence-corrected chi connectivity index (χ2v) is 32.0. The van der Waals surface area contributed by atoms with Crippen LogP contribution in [0.2, 0.25) is 0 Å². The SMILES string of the molecule is C=Cc1c(/C=C\C)ccc2c1oc1cccc(N(c3ccc(-c4cccc5oc6ccccc6c45)cc3)c3cc(-c4ccc(-c5ccc6c(ccc7c6oc6cccc(-c8ccc(N(c9ccc(-c%10ccc(-c%11ccccc%11)cc%10)cc9)c9cc(-c%10cccc%11ccccc%10%11)ccc9-c9ccccc9)cc8)c67)c5)c5ccccc45)ccc3-c3ccccc3)c12. The van der Waals surface area contributed by atoms with Crippen LogP contribution in [0.1, 0.15) is 18.1 Å². The van der Waals surface area contributed by atoms with Crippen molar-refractivity contribution in [1.82, 2.24) is 0 Å². The zero-order valence-corrected chi connectivity index (χ0v) is 68.0. The maximum Gasteiger partial charge on any atom is 0.143 e. The number of allylic oxidation sites excluding steroid dienone is 1. The topological polar surface area (TPSA) is 45.9 Å². The Morgan fingerprint density at radius 3 is 1.22 bits per heavy atom. The predicted octanol–water partition coefficient (Wildman–Crippen LogP) is 34.5. The van der Waals surface area contributed by atoms with Gasteiger partial charge >= 0.3 is 0 Å². The zero-order valence-electron chi connectivity index (χ0n) is 68.0. The Balaban J connectivity index is 0.616. The van der Waals surface area contributed by atoms with Crippen molar-refractivity contribution >= 4 is 144 Å². The molecular formula is C119H78N2O3. The summed E-state index contributed by atoms with van der Waals surface area (Å²) < 4.78 is 20.5. The number of furan rings is 3. The van der Waals surface area contributed by atoms with Gasteiger partial charge in [-0.25, -0.2) is 0 Å². The van der Waals surface area contributed by atoms with Gasteiger partial charge in [-0.2, -0.15) is 0 Å². The molecule has 5 nitrogen and oxygen atoms in total. The number of anilines is 6. The van der Waals surface area contributed by atoms with Gasteiger partial charge in [0.15, 0.2) is 0 Å². The van der Waals surface area contributed by atoms with Crippen LogP contribution in [0.3, 0.4) is 0 Å². The van der Waals surface area contributed by atoms with Gasteiger partial charge in [0.1, 0.15) is 33.5 Å². The standard InChI is InChI=1S/C119H78N2O3/c1-3-24-80-55-69-107-117-108(40-23-44-114(117)124-118(107)93(80)4-2)121(92-64-53-84(54-65-92)100-38-21-42-112-115(100)105-36-18-19-41-111(105)122-112)110-75-89(57-67-99(110)83-29-12-7-13-30-83)97-72-71-96(103-34-16-17-35-104(97)103)86-58-68-102-87(73-86)59-70-106-116-101(39-22-43-113(116)123-119(102)106)85-51-62-91(63-52-85)120(90-60-49-79(50-61-90)78-47-45-77(46-48-78)76-25-8-5-9-26-76)109-74-88(56-66-98(109)82-27-10-6-11-28-82)95-37-20-32-81-31-14-15-33-94(81)95/h3-75H,2H2,1H3/b24-3-. The lowest BCUT2D eigenvalue weighted by atomic mass is 9.90. The van der Waals surface area contributed by atoms with Gasteiger partial charge < -0.3 is 23.1 Å². The fourth-order valence-corrected chi connectivity index (χ4v) is 19.1. The summed E-state index contributed by atoms with van der Waals surface area (Å²) in [6.07, 6.45) is 6.09. The summed E-state index contributed by atoms with van der Waals surface area (Å²) in [6, 6.07) is 154. The molecule has 0 aliphatic rings. The molecule has 0 bridgehead atoms. The van der Waals surface area contributed by atoms with Crippen molar-refractivity contribution in [2.45, 2.75) is 6.92 Å². The summed E-state index contributed by atoms with van der Waals surface area (Å²) in [6.45, 7) is 6.35. The summed E-state index contributed by atoms with van der Waals surface area (Å²) in [4.78, 5) is 4.87. The average molecular weight is 1580 g/mol. The molecule has 0 aliphatic heterocycles. The predicted molar refractivity (Wildman–Crippen MR) is 524 cm³/mol. The van der Waals surface area contributed by atoms with Crippen molar-refractivity contribution in [2.75, 3.05) is 9.80 Å².